The van der Waals surface area contributed by atoms with Crippen LogP contribution in [0.2, 0.25) is 0 Å². The van der Waals surface area contributed by atoms with E-state index in [0.29, 0.717) is 10.2 Å². The maximum atomic E-state index is 12.0. The van der Waals surface area contributed by atoms with Crippen molar-refractivity contribution < 1.29 is 14.7 Å². The molecule has 1 aromatic carbocycles. The molecule has 0 aliphatic heterocycles. The molecular weight excluding hydrogens is 300 g/mol. The maximum Gasteiger partial charge on any atom is 0.326 e. The van der Waals surface area contributed by atoms with Crippen molar-refractivity contribution in [2.45, 2.75) is 19.9 Å². The molecule has 18 heavy (non-hydrogen) atoms. The Morgan fingerprint density at radius 1 is 1.39 bits per heavy atom. The van der Waals surface area contributed by atoms with Gasteiger partial charge < -0.3 is 16.2 Å². The van der Waals surface area contributed by atoms with Gasteiger partial charge in [-0.25, -0.2) is 4.79 Å². The van der Waals surface area contributed by atoms with E-state index in [0.717, 1.165) is 0 Å². The lowest BCUT2D eigenvalue weighted by molar-refractivity contribution is -0.140. The Morgan fingerprint density at radius 2 is 2.00 bits per heavy atom. The second-order valence-corrected chi connectivity index (χ2v) is 5.18. The van der Waals surface area contributed by atoms with Crippen LogP contribution in [0.1, 0.15) is 24.2 Å². The van der Waals surface area contributed by atoms with E-state index in [2.05, 4.69) is 21.2 Å². The molecule has 0 radical (unpaired) electrons. The standard InChI is InChI=1S/C12H15BrN2O3/c1-6(2)10(12(17)18)15-11(16)8-5-7(13)3-4-9(8)14/h3-6,10H,14H2,1-2H3,(H,15,16)(H,17,18). The zero-order valence-corrected chi connectivity index (χ0v) is 11.7. The van der Waals surface area contributed by atoms with Crippen LogP contribution in [0.3, 0.4) is 0 Å². The van der Waals surface area contributed by atoms with E-state index in [1.807, 2.05) is 0 Å². The van der Waals surface area contributed by atoms with Crippen LogP contribution < -0.4 is 11.1 Å². The number of nitrogens with one attached hydrogen (secondary N) is 1. The zero-order valence-electron chi connectivity index (χ0n) is 10.1. The van der Waals surface area contributed by atoms with E-state index in [1.165, 1.54) is 0 Å². The van der Waals surface area contributed by atoms with Crippen molar-refractivity contribution in [1.29, 1.82) is 0 Å². The summed E-state index contributed by atoms with van der Waals surface area (Å²) in [6.45, 7) is 3.45. The average molecular weight is 315 g/mol. The first-order chi connectivity index (χ1) is 8.32. The lowest BCUT2D eigenvalue weighted by Gasteiger charge is -2.18. The van der Waals surface area contributed by atoms with Crippen molar-refractivity contribution in [3.63, 3.8) is 0 Å². The molecule has 1 aromatic rings. The van der Waals surface area contributed by atoms with Crippen LogP contribution in [0.4, 0.5) is 5.69 Å². The maximum absolute atomic E-state index is 12.0. The first-order valence-electron chi connectivity index (χ1n) is 5.41. The Morgan fingerprint density at radius 3 is 2.50 bits per heavy atom. The van der Waals surface area contributed by atoms with Gasteiger partial charge in [0.25, 0.3) is 5.91 Å². The summed E-state index contributed by atoms with van der Waals surface area (Å²) < 4.78 is 0.707. The number of hydrogen-bond acceptors (Lipinski definition) is 3. The molecule has 6 heteroatoms. The number of carbonyl (C=O) groups excluding carboxylic acids is 1. The van der Waals surface area contributed by atoms with E-state index >= 15 is 0 Å². The topological polar surface area (TPSA) is 92.4 Å². The number of carboxylic acid groups (broad SMARTS) is 1. The summed E-state index contributed by atoms with van der Waals surface area (Å²) in [5.74, 6) is -1.76. The Bertz CT molecular complexity index is 474. The fourth-order valence-corrected chi connectivity index (χ4v) is 1.82. The quantitative estimate of drug-likeness (QED) is 0.740. The van der Waals surface area contributed by atoms with Crippen LogP contribution in [0.5, 0.6) is 0 Å². The van der Waals surface area contributed by atoms with Gasteiger partial charge >= 0.3 is 5.97 Å². The van der Waals surface area contributed by atoms with Crippen molar-refractivity contribution in [2.24, 2.45) is 5.92 Å². The predicted molar refractivity (Wildman–Crippen MR) is 72.3 cm³/mol. The molecule has 0 aliphatic carbocycles. The number of nitrogens with two attached hydrogens (primary N) is 1. The SMILES string of the molecule is CC(C)C(NC(=O)c1cc(Br)ccc1N)C(=O)O. The monoisotopic (exact) mass is 314 g/mol. The highest BCUT2D eigenvalue weighted by Crippen LogP contribution is 2.18. The lowest BCUT2D eigenvalue weighted by atomic mass is 10.0. The van der Waals surface area contributed by atoms with Crippen molar-refractivity contribution in [3.05, 3.63) is 28.2 Å². The molecular formula is C12H15BrN2O3. The fourth-order valence-electron chi connectivity index (χ4n) is 1.46. The van der Waals surface area contributed by atoms with E-state index in [-0.39, 0.29) is 11.5 Å². The van der Waals surface area contributed by atoms with Gasteiger partial charge in [-0.15, -0.1) is 0 Å². The Kier molecular flexibility index (Phi) is 4.72. The highest BCUT2D eigenvalue weighted by molar-refractivity contribution is 9.10. The van der Waals surface area contributed by atoms with Crippen LogP contribution in [0.25, 0.3) is 0 Å². The van der Waals surface area contributed by atoms with Gasteiger partial charge in [0.2, 0.25) is 0 Å². The molecule has 0 aromatic heterocycles. The van der Waals surface area contributed by atoms with Crippen molar-refractivity contribution in [1.82, 2.24) is 5.32 Å². The normalized spacial score (nSPS) is 12.2. The first-order valence-corrected chi connectivity index (χ1v) is 6.21. The van der Waals surface area contributed by atoms with Gasteiger partial charge in [-0.1, -0.05) is 29.8 Å². The number of carboxylic acids is 1. The van der Waals surface area contributed by atoms with Crippen LogP contribution in [0.15, 0.2) is 22.7 Å². The molecule has 1 rings (SSSR count). The van der Waals surface area contributed by atoms with Crippen molar-refractivity contribution >= 4 is 33.5 Å². The molecule has 1 unspecified atom stereocenters. The van der Waals surface area contributed by atoms with Crippen LogP contribution in [0, 0.1) is 5.92 Å². The van der Waals surface area contributed by atoms with Gasteiger partial charge in [0, 0.05) is 10.2 Å². The number of amides is 1. The van der Waals surface area contributed by atoms with Gasteiger partial charge in [-0.05, 0) is 24.1 Å². The number of anilines is 1. The molecule has 1 amide bonds. The molecule has 98 valence electrons. The molecule has 0 heterocycles. The smallest absolute Gasteiger partial charge is 0.326 e. The molecule has 1 atom stereocenters. The summed E-state index contributed by atoms with van der Waals surface area (Å²) >= 11 is 3.24. The molecule has 0 saturated carbocycles. The largest absolute Gasteiger partial charge is 0.480 e. The minimum Gasteiger partial charge on any atom is -0.480 e. The molecule has 0 spiro atoms. The number of hydrogen-bond donors (Lipinski definition) is 3. The number of nitrogen functional groups attached to an aromatic ring is 1. The molecule has 0 aliphatic rings. The Balaban J connectivity index is 2.94. The Hall–Kier alpha value is -1.56. The second kappa shape index (κ2) is 5.86. The van der Waals surface area contributed by atoms with Crippen molar-refractivity contribution in [3.8, 4) is 0 Å². The third kappa shape index (κ3) is 3.46. The minimum atomic E-state index is -1.06. The molecule has 4 N–H and O–H groups in total. The van der Waals surface area contributed by atoms with Crippen LogP contribution >= 0.6 is 15.9 Å². The molecule has 0 saturated heterocycles. The minimum absolute atomic E-state index is 0.208. The summed E-state index contributed by atoms with van der Waals surface area (Å²) in [7, 11) is 0. The first kappa shape index (κ1) is 14.5. The number of carbonyl (C=O) groups is 2. The molecule has 5 nitrogen and oxygen atoms in total. The van der Waals surface area contributed by atoms with Gasteiger partial charge in [-0.2, -0.15) is 0 Å². The number of rotatable bonds is 4. The molecule has 0 bridgehead atoms. The molecule has 0 fully saturated rings. The van der Waals surface area contributed by atoms with E-state index in [9.17, 15) is 9.59 Å². The zero-order chi connectivity index (χ0) is 13.9. The third-order valence-corrected chi connectivity index (χ3v) is 2.97. The van der Waals surface area contributed by atoms with E-state index in [4.69, 9.17) is 10.8 Å². The number of aliphatic carboxylic acids is 1. The summed E-state index contributed by atoms with van der Waals surface area (Å²) in [6.07, 6.45) is 0. The van der Waals surface area contributed by atoms with Crippen LogP contribution in [-0.4, -0.2) is 23.0 Å². The fraction of sp³-hybridized carbons (Fsp3) is 0.333. The summed E-state index contributed by atoms with van der Waals surface area (Å²) in [5, 5.41) is 11.5. The van der Waals surface area contributed by atoms with E-state index < -0.39 is 17.9 Å². The number of halogens is 1. The summed E-state index contributed by atoms with van der Waals surface area (Å²) in [4.78, 5) is 23.0. The lowest BCUT2D eigenvalue weighted by Crippen LogP contribution is -2.44. The van der Waals surface area contributed by atoms with Gasteiger partial charge in [0.1, 0.15) is 6.04 Å². The number of benzene rings is 1. The van der Waals surface area contributed by atoms with Gasteiger partial charge in [0.15, 0.2) is 0 Å². The predicted octanol–water partition coefficient (Wildman–Crippen LogP) is 1.87. The summed E-state index contributed by atoms with van der Waals surface area (Å²) in [6, 6.07) is 3.92. The highest BCUT2D eigenvalue weighted by Gasteiger charge is 2.24. The van der Waals surface area contributed by atoms with Crippen molar-refractivity contribution in [2.75, 3.05) is 5.73 Å². The van der Waals surface area contributed by atoms with Gasteiger partial charge in [0.05, 0.1) is 5.56 Å². The van der Waals surface area contributed by atoms with Crippen LogP contribution in [-0.2, 0) is 4.79 Å². The van der Waals surface area contributed by atoms with Gasteiger partial charge in [-0.3, -0.25) is 4.79 Å². The third-order valence-electron chi connectivity index (χ3n) is 2.48. The second-order valence-electron chi connectivity index (χ2n) is 4.26. The average Bonchev–Trinajstić information content (AvgIpc) is 2.28. The van der Waals surface area contributed by atoms with E-state index in [1.54, 1.807) is 32.0 Å². The highest BCUT2D eigenvalue weighted by atomic mass is 79.9. The Labute approximate surface area is 113 Å². The summed E-state index contributed by atoms with van der Waals surface area (Å²) in [5.41, 5.74) is 6.26.